The number of nitrogens with one attached hydrogen (secondary N) is 2. The first kappa shape index (κ1) is 15.0. The maximum absolute atomic E-state index is 12.5. The zero-order valence-electron chi connectivity index (χ0n) is 12.0. The van der Waals surface area contributed by atoms with Crippen LogP contribution in [-0.4, -0.2) is 39.6 Å². The van der Waals surface area contributed by atoms with Gasteiger partial charge in [0.25, 0.3) is 5.91 Å². The van der Waals surface area contributed by atoms with Gasteiger partial charge < -0.3 is 15.7 Å². The zero-order chi connectivity index (χ0) is 16.2. The Hall–Kier alpha value is -2.87. The van der Waals surface area contributed by atoms with E-state index in [2.05, 4.69) is 15.6 Å². The summed E-state index contributed by atoms with van der Waals surface area (Å²) in [5, 5.41) is 15.3. The van der Waals surface area contributed by atoms with Crippen molar-refractivity contribution in [3.8, 4) is 11.3 Å². The molecule has 23 heavy (non-hydrogen) atoms. The van der Waals surface area contributed by atoms with E-state index in [-0.39, 0.29) is 19.0 Å². The highest BCUT2D eigenvalue weighted by Crippen LogP contribution is 2.26. The van der Waals surface area contributed by atoms with Gasteiger partial charge in [-0.3, -0.25) is 9.20 Å². The highest BCUT2D eigenvalue weighted by atomic mass is 32.1. The van der Waals surface area contributed by atoms with E-state index in [1.165, 1.54) is 11.3 Å². The third-order valence-electron chi connectivity index (χ3n) is 3.21. The number of carbonyl (C=O) groups is 2. The molecule has 2 aromatic heterocycles. The van der Waals surface area contributed by atoms with E-state index in [1.54, 1.807) is 10.6 Å². The van der Waals surface area contributed by atoms with E-state index in [1.807, 2.05) is 35.7 Å². The van der Waals surface area contributed by atoms with Crippen molar-refractivity contribution in [3.05, 3.63) is 47.6 Å². The Morgan fingerprint density at radius 2 is 1.91 bits per heavy atom. The van der Waals surface area contributed by atoms with Gasteiger partial charge in [-0.05, 0) is 0 Å². The number of rotatable bonds is 5. The second-order valence-corrected chi connectivity index (χ2v) is 5.59. The number of nitrogens with zero attached hydrogens (tertiary/aromatic N) is 2. The predicted molar refractivity (Wildman–Crippen MR) is 86.9 cm³/mol. The molecular formula is C15H14N4O3S. The SMILES string of the molecule is O=C(O)NCCNC(=O)c1c(-c2ccccc2)nc2sccn12. The van der Waals surface area contributed by atoms with Crippen LogP contribution in [0, 0.1) is 0 Å². The third-order valence-corrected chi connectivity index (χ3v) is 3.97. The second-order valence-electron chi connectivity index (χ2n) is 4.72. The lowest BCUT2D eigenvalue weighted by molar-refractivity contribution is 0.0948. The average molecular weight is 330 g/mol. The fourth-order valence-electron chi connectivity index (χ4n) is 2.23. The molecule has 0 aliphatic rings. The lowest BCUT2D eigenvalue weighted by Gasteiger charge is -2.06. The molecule has 0 aliphatic heterocycles. The molecule has 0 unspecified atom stereocenters. The molecule has 3 aromatic rings. The lowest BCUT2D eigenvalue weighted by Crippen LogP contribution is -2.34. The molecule has 118 valence electrons. The number of hydrogen-bond acceptors (Lipinski definition) is 4. The van der Waals surface area contributed by atoms with Gasteiger partial charge in [-0.15, -0.1) is 11.3 Å². The Bertz CT molecular complexity index is 841. The van der Waals surface area contributed by atoms with Crippen LogP contribution in [-0.2, 0) is 0 Å². The van der Waals surface area contributed by atoms with Gasteiger partial charge in [0.2, 0.25) is 0 Å². The maximum Gasteiger partial charge on any atom is 0.404 e. The molecule has 0 fully saturated rings. The summed E-state index contributed by atoms with van der Waals surface area (Å²) in [6.45, 7) is 0.351. The molecule has 2 heterocycles. The van der Waals surface area contributed by atoms with Gasteiger partial charge in [-0.25, -0.2) is 9.78 Å². The number of benzene rings is 1. The van der Waals surface area contributed by atoms with Crippen molar-refractivity contribution in [1.82, 2.24) is 20.0 Å². The van der Waals surface area contributed by atoms with Crippen LogP contribution in [0.25, 0.3) is 16.2 Å². The van der Waals surface area contributed by atoms with E-state index in [0.717, 1.165) is 10.5 Å². The first-order valence-electron chi connectivity index (χ1n) is 6.93. The monoisotopic (exact) mass is 330 g/mol. The maximum atomic E-state index is 12.5. The molecule has 0 saturated carbocycles. The number of amides is 2. The zero-order valence-corrected chi connectivity index (χ0v) is 12.8. The van der Waals surface area contributed by atoms with Gasteiger partial charge >= 0.3 is 6.09 Å². The molecule has 0 bridgehead atoms. The quantitative estimate of drug-likeness (QED) is 0.624. The van der Waals surface area contributed by atoms with Crippen molar-refractivity contribution in [2.75, 3.05) is 13.1 Å². The Balaban J connectivity index is 1.88. The minimum atomic E-state index is -1.12. The summed E-state index contributed by atoms with van der Waals surface area (Å²) in [5.74, 6) is -0.290. The van der Waals surface area contributed by atoms with E-state index in [4.69, 9.17) is 5.11 Å². The van der Waals surface area contributed by atoms with Gasteiger partial charge in [-0.1, -0.05) is 30.3 Å². The highest BCUT2D eigenvalue weighted by molar-refractivity contribution is 7.15. The molecule has 0 spiro atoms. The number of carboxylic acid groups (broad SMARTS) is 1. The summed E-state index contributed by atoms with van der Waals surface area (Å²) in [7, 11) is 0. The Morgan fingerprint density at radius 3 is 2.65 bits per heavy atom. The van der Waals surface area contributed by atoms with Crippen LogP contribution < -0.4 is 10.6 Å². The Kier molecular flexibility index (Phi) is 4.24. The van der Waals surface area contributed by atoms with E-state index in [0.29, 0.717) is 11.4 Å². The van der Waals surface area contributed by atoms with Crippen LogP contribution in [0.4, 0.5) is 4.79 Å². The van der Waals surface area contributed by atoms with Crippen LogP contribution in [0.5, 0.6) is 0 Å². The van der Waals surface area contributed by atoms with Crippen LogP contribution >= 0.6 is 11.3 Å². The first-order chi connectivity index (χ1) is 11.2. The van der Waals surface area contributed by atoms with Crippen LogP contribution in [0.2, 0.25) is 0 Å². The van der Waals surface area contributed by atoms with Crippen LogP contribution in [0.3, 0.4) is 0 Å². The van der Waals surface area contributed by atoms with Crippen molar-refractivity contribution < 1.29 is 14.7 Å². The molecule has 3 rings (SSSR count). The Labute approximate surface area is 135 Å². The van der Waals surface area contributed by atoms with Gasteiger partial charge in [0.05, 0.1) is 0 Å². The molecule has 0 atom stereocenters. The highest BCUT2D eigenvalue weighted by Gasteiger charge is 2.20. The summed E-state index contributed by atoms with van der Waals surface area (Å²) < 4.78 is 1.74. The molecule has 0 aliphatic carbocycles. The summed E-state index contributed by atoms with van der Waals surface area (Å²) in [4.78, 5) is 28.2. The minimum Gasteiger partial charge on any atom is -0.465 e. The number of carbonyl (C=O) groups excluding carboxylic acids is 1. The normalized spacial score (nSPS) is 10.6. The standard InChI is InChI=1S/C15H14N4O3S/c20-13(16-6-7-17-15(21)22)12-11(10-4-2-1-3-5-10)18-14-19(12)8-9-23-14/h1-5,8-9,17H,6-7H2,(H,16,20)(H,21,22). The molecule has 0 radical (unpaired) electrons. The van der Waals surface area contributed by atoms with E-state index in [9.17, 15) is 9.59 Å². The Morgan fingerprint density at radius 1 is 1.17 bits per heavy atom. The van der Waals surface area contributed by atoms with Crippen molar-refractivity contribution in [3.63, 3.8) is 0 Å². The first-order valence-corrected chi connectivity index (χ1v) is 7.81. The number of hydrogen-bond donors (Lipinski definition) is 3. The predicted octanol–water partition coefficient (Wildman–Crippen LogP) is 2.06. The van der Waals surface area contributed by atoms with Gasteiger partial charge in [0, 0.05) is 30.2 Å². The van der Waals surface area contributed by atoms with Crippen molar-refractivity contribution in [2.45, 2.75) is 0 Å². The summed E-state index contributed by atoms with van der Waals surface area (Å²) in [6, 6.07) is 9.48. The average Bonchev–Trinajstić information content (AvgIpc) is 3.12. The smallest absolute Gasteiger partial charge is 0.404 e. The van der Waals surface area contributed by atoms with Gasteiger partial charge in [0.1, 0.15) is 11.4 Å². The minimum absolute atomic E-state index is 0.146. The largest absolute Gasteiger partial charge is 0.465 e. The van der Waals surface area contributed by atoms with Gasteiger partial charge in [0.15, 0.2) is 4.96 Å². The van der Waals surface area contributed by atoms with Crippen molar-refractivity contribution in [1.29, 1.82) is 0 Å². The van der Waals surface area contributed by atoms with Gasteiger partial charge in [-0.2, -0.15) is 0 Å². The molecule has 7 nitrogen and oxygen atoms in total. The summed E-state index contributed by atoms with van der Waals surface area (Å²) >= 11 is 1.45. The van der Waals surface area contributed by atoms with Crippen molar-refractivity contribution >= 4 is 28.3 Å². The van der Waals surface area contributed by atoms with Crippen LogP contribution in [0.15, 0.2) is 41.9 Å². The molecule has 3 N–H and O–H groups in total. The summed E-state index contributed by atoms with van der Waals surface area (Å²) in [5.41, 5.74) is 1.92. The number of aromatic nitrogens is 2. The number of thiazole rings is 1. The second kappa shape index (κ2) is 6.49. The molecule has 8 heteroatoms. The van der Waals surface area contributed by atoms with E-state index < -0.39 is 6.09 Å². The fraction of sp³-hybridized carbons (Fsp3) is 0.133. The van der Waals surface area contributed by atoms with E-state index >= 15 is 0 Å². The molecule has 1 aromatic carbocycles. The van der Waals surface area contributed by atoms with Crippen molar-refractivity contribution in [2.24, 2.45) is 0 Å². The molecule has 0 saturated heterocycles. The number of fused-ring (bicyclic) bond motifs is 1. The molecule has 2 amide bonds. The number of imidazole rings is 1. The fourth-order valence-corrected chi connectivity index (χ4v) is 2.94. The molecular weight excluding hydrogens is 316 g/mol. The third kappa shape index (κ3) is 3.16. The topological polar surface area (TPSA) is 95.7 Å². The van der Waals surface area contributed by atoms with Crippen LogP contribution in [0.1, 0.15) is 10.5 Å². The lowest BCUT2D eigenvalue weighted by atomic mass is 10.1. The summed E-state index contributed by atoms with van der Waals surface area (Å²) in [6.07, 6.45) is 0.679.